The normalized spacial score (nSPS) is 10.7. The van der Waals surface area contributed by atoms with Gasteiger partial charge in [0.15, 0.2) is 11.5 Å². The Morgan fingerprint density at radius 2 is 2.00 bits per heavy atom. The van der Waals surface area contributed by atoms with E-state index in [0.29, 0.717) is 23.6 Å². The molecule has 0 aromatic heterocycles. The highest BCUT2D eigenvalue weighted by molar-refractivity contribution is 6.09. The molecule has 2 rings (SSSR count). The minimum absolute atomic E-state index is 0.0167. The Morgan fingerprint density at radius 3 is 2.60 bits per heavy atom. The third-order valence-corrected chi connectivity index (χ3v) is 3.30. The topological polar surface area (TPSA) is 91.6 Å². The molecule has 0 aliphatic rings. The van der Waals surface area contributed by atoms with Crippen LogP contribution in [0.25, 0.3) is 6.08 Å². The quantitative estimate of drug-likeness (QED) is 0.622. The summed E-state index contributed by atoms with van der Waals surface area (Å²) in [6, 6.07) is 13.3. The SMILES string of the molecule is CCOc1ccc(NC(=O)/C(C#N)=C/c2ccc(O)c(OC)c2)cc1. The Balaban J connectivity index is 2.16. The fraction of sp³-hybridized carbons (Fsp3) is 0.158. The molecule has 1 amide bonds. The van der Waals surface area contributed by atoms with Crippen molar-refractivity contribution in [1.29, 1.82) is 5.26 Å². The molecule has 0 bridgehead atoms. The summed E-state index contributed by atoms with van der Waals surface area (Å²) in [5, 5.41) is 21.5. The van der Waals surface area contributed by atoms with Gasteiger partial charge in [-0.25, -0.2) is 0 Å². The molecule has 0 unspecified atom stereocenters. The highest BCUT2D eigenvalue weighted by Gasteiger charge is 2.10. The van der Waals surface area contributed by atoms with Crippen LogP contribution in [0, 0.1) is 11.3 Å². The zero-order chi connectivity index (χ0) is 18.2. The van der Waals surface area contributed by atoms with Crippen LogP contribution in [-0.2, 0) is 4.79 Å². The number of amides is 1. The number of nitrogens with zero attached hydrogens (tertiary/aromatic N) is 1. The highest BCUT2D eigenvalue weighted by atomic mass is 16.5. The van der Waals surface area contributed by atoms with Crippen LogP contribution in [0.2, 0.25) is 0 Å². The second-order valence-electron chi connectivity index (χ2n) is 5.01. The molecule has 6 nitrogen and oxygen atoms in total. The fourth-order valence-electron chi connectivity index (χ4n) is 2.10. The maximum absolute atomic E-state index is 12.3. The van der Waals surface area contributed by atoms with Crippen molar-refractivity contribution in [2.75, 3.05) is 19.0 Å². The second kappa shape index (κ2) is 8.41. The molecule has 128 valence electrons. The van der Waals surface area contributed by atoms with Crippen molar-refractivity contribution in [2.24, 2.45) is 0 Å². The molecule has 0 fully saturated rings. The van der Waals surface area contributed by atoms with Crippen LogP contribution in [0.3, 0.4) is 0 Å². The molecule has 2 N–H and O–H groups in total. The summed E-state index contributed by atoms with van der Waals surface area (Å²) in [6.07, 6.45) is 1.42. The molecule has 2 aromatic carbocycles. The summed E-state index contributed by atoms with van der Waals surface area (Å²) in [5.41, 5.74) is 1.05. The number of methoxy groups -OCH3 is 1. The third kappa shape index (κ3) is 4.75. The minimum Gasteiger partial charge on any atom is -0.504 e. The molecule has 0 atom stereocenters. The summed E-state index contributed by atoms with van der Waals surface area (Å²) in [4.78, 5) is 12.3. The Kier molecular flexibility index (Phi) is 6.02. The van der Waals surface area contributed by atoms with E-state index in [1.54, 1.807) is 30.3 Å². The first-order chi connectivity index (χ1) is 12.1. The molecule has 0 saturated carbocycles. The van der Waals surface area contributed by atoms with Gasteiger partial charge in [0.2, 0.25) is 0 Å². The first-order valence-corrected chi connectivity index (χ1v) is 7.60. The Labute approximate surface area is 145 Å². The standard InChI is InChI=1S/C19H18N2O4/c1-3-25-16-7-5-15(6-8-16)21-19(23)14(12-20)10-13-4-9-17(22)18(11-13)24-2/h4-11,22H,3H2,1-2H3,(H,21,23)/b14-10+. The molecule has 0 radical (unpaired) electrons. The van der Waals surface area contributed by atoms with Crippen molar-refractivity contribution in [2.45, 2.75) is 6.92 Å². The van der Waals surface area contributed by atoms with Gasteiger partial charge in [-0.05, 0) is 55.0 Å². The number of phenols is 1. The Bertz CT molecular complexity index is 820. The van der Waals surface area contributed by atoms with E-state index in [9.17, 15) is 15.2 Å². The number of rotatable bonds is 6. The number of benzene rings is 2. The van der Waals surface area contributed by atoms with Crippen molar-refractivity contribution in [1.82, 2.24) is 0 Å². The van der Waals surface area contributed by atoms with Crippen LogP contribution >= 0.6 is 0 Å². The zero-order valence-electron chi connectivity index (χ0n) is 13.9. The Hall–Kier alpha value is -3.46. The van der Waals surface area contributed by atoms with E-state index >= 15 is 0 Å². The molecule has 2 aromatic rings. The molecule has 0 heterocycles. The molecule has 25 heavy (non-hydrogen) atoms. The summed E-state index contributed by atoms with van der Waals surface area (Å²) in [7, 11) is 1.42. The van der Waals surface area contributed by atoms with Crippen molar-refractivity contribution in [3.8, 4) is 23.3 Å². The van der Waals surface area contributed by atoms with Crippen molar-refractivity contribution < 1.29 is 19.4 Å². The summed E-state index contributed by atoms with van der Waals surface area (Å²) in [5.74, 6) is 0.418. The lowest BCUT2D eigenvalue weighted by atomic mass is 10.1. The molecule has 0 spiro atoms. The number of nitriles is 1. The van der Waals surface area contributed by atoms with Gasteiger partial charge in [-0.1, -0.05) is 6.07 Å². The first-order valence-electron chi connectivity index (χ1n) is 7.60. The van der Waals surface area contributed by atoms with Crippen LogP contribution in [0.4, 0.5) is 5.69 Å². The van der Waals surface area contributed by atoms with E-state index in [1.807, 2.05) is 13.0 Å². The van der Waals surface area contributed by atoms with Crippen LogP contribution < -0.4 is 14.8 Å². The van der Waals surface area contributed by atoms with Crippen molar-refractivity contribution >= 4 is 17.7 Å². The number of ether oxygens (including phenoxy) is 2. The van der Waals surface area contributed by atoms with E-state index in [0.717, 1.165) is 0 Å². The molecule has 0 aliphatic heterocycles. The van der Waals surface area contributed by atoms with Gasteiger partial charge in [0.25, 0.3) is 5.91 Å². The van der Waals surface area contributed by atoms with E-state index in [2.05, 4.69) is 5.32 Å². The molecular formula is C19H18N2O4. The lowest BCUT2D eigenvalue weighted by Gasteiger charge is -2.07. The largest absolute Gasteiger partial charge is 0.504 e. The van der Waals surface area contributed by atoms with Gasteiger partial charge in [-0.2, -0.15) is 5.26 Å². The lowest BCUT2D eigenvalue weighted by Crippen LogP contribution is -2.13. The number of carbonyl (C=O) groups excluding carboxylic acids is 1. The summed E-state index contributed by atoms with van der Waals surface area (Å²) >= 11 is 0. The third-order valence-electron chi connectivity index (χ3n) is 3.30. The molecule has 0 saturated heterocycles. The number of hydrogen-bond acceptors (Lipinski definition) is 5. The lowest BCUT2D eigenvalue weighted by molar-refractivity contribution is -0.112. The maximum Gasteiger partial charge on any atom is 0.266 e. The Morgan fingerprint density at radius 1 is 1.28 bits per heavy atom. The van der Waals surface area contributed by atoms with Gasteiger partial charge in [0, 0.05) is 5.69 Å². The molecular weight excluding hydrogens is 320 g/mol. The zero-order valence-corrected chi connectivity index (χ0v) is 13.9. The van der Waals surface area contributed by atoms with Crippen LogP contribution in [0.5, 0.6) is 17.2 Å². The van der Waals surface area contributed by atoms with E-state index in [1.165, 1.54) is 25.3 Å². The van der Waals surface area contributed by atoms with Gasteiger partial charge in [-0.15, -0.1) is 0 Å². The van der Waals surface area contributed by atoms with E-state index < -0.39 is 5.91 Å². The molecule has 6 heteroatoms. The number of aromatic hydroxyl groups is 1. The van der Waals surface area contributed by atoms with Crippen molar-refractivity contribution in [3.05, 3.63) is 53.6 Å². The second-order valence-corrected chi connectivity index (χ2v) is 5.01. The number of nitrogens with one attached hydrogen (secondary N) is 1. The number of carbonyl (C=O) groups is 1. The highest BCUT2D eigenvalue weighted by Crippen LogP contribution is 2.27. The van der Waals surface area contributed by atoms with E-state index in [4.69, 9.17) is 9.47 Å². The van der Waals surface area contributed by atoms with Gasteiger partial charge < -0.3 is 19.9 Å². The fourth-order valence-corrected chi connectivity index (χ4v) is 2.10. The molecule has 0 aliphatic carbocycles. The number of hydrogen-bond donors (Lipinski definition) is 2. The van der Waals surface area contributed by atoms with E-state index in [-0.39, 0.29) is 17.1 Å². The van der Waals surface area contributed by atoms with Gasteiger partial charge in [0.05, 0.1) is 13.7 Å². The van der Waals surface area contributed by atoms with Gasteiger partial charge >= 0.3 is 0 Å². The average Bonchev–Trinajstić information content (AvgIpc) is 2.62. The van der Waals surface area contributed by atoms with Gasteiger partial charge in [-0.3, -0.25) is 4.79 Å². The maximum atomic E-state index is 12.3. The average molecular weight is 338 g/mol. The predicted molar refractivity (Wildman–Crippen MR) is 94.5 cm³/mol. The van der Waals surface area contributed by atoms with Crippen LogP contribution in [0.1, 0.15) is 12.5 Å². The number of anilines is 1. The summed E-state index contributed by atoms with van der Waals surface area (Å²) in [6.45, 7) is 2.45. The van der Waals surface area contributed by atoms with Crippen molar-refractivity contribution in [3.63, 3.8) is 0 Å². The monoisotopic (exact) mass is 338 g/mol. The van der Waals surface area contributed by atoms with Gasteiger partial charge in [0.1, 0.15) is 17.4 Å². The van der Waals surface area contributed by atoms with Crippen LogP contribution in [-0.4, -0.2) is 24.7 Å². The van der Waals surface area contributed by atoms with Crippen LogP contribution in [0.15, 0.2) is 48.0 Å². The minimum atomic E-state index is -0.529. The predicted octanol–water partition coefficient (Wildman–Crippen LogP) is 3.35. The first kappa shape index (κ1) is 17.9. The summed E-state index contributed by atoms with van der Waals surface area (Å²) < 4.78 is 10.3. The number of phenolic OH excluding ortho intramolecular Hbond substituents is 1. The smallest absolute Gasteiger partial charge is 0.266 e.